The van der Waals surface area contributed by atoms with Gasteiger partial charge in [0.1, 0.15) is 5.82 Å². The van der Waals surface area contributed by atoms with Crippen molar-refractivity contribution in [2.45, 2.75) is 38.6 Å². The van der Waals surface area contributed by atoms with Crippen LogP contribution in [-0.2, 0) is 0 Å². The molecule has 0 saturated carbocycles. The Morgan fingerprint density at radius 2 is 1.96 bits per heavy atom. The number of fused-ring (bicyclic) bond motifs is 1. The van der Waals surface area contributed by atoms with Gasteiger partial charge >= 0.3 is 0 Å². The second kappa shape index (κ2) is 7.92. The van der Waals surface area contributed by atoms with Crippen molar-refractivity contribution < 1.29 is 9.13 Å². The van der Waals surface area contributed by atoms with E-state index in [0.29, 0.717) is 24.2 Å². The fourth-order valence-electron chi connectivity index (χ4n) is 4.42. The Balaban J connectivity index is 1.47. The molecule has 0 amide bonds. The molecule has 142 valence electrons. The largest absolute Gasteiger partial charge is 0.465 e. The number of benzene rings is 1. The zero-order valence-corrected chi connectivity index (χ0v) is 15.6. The third-order valence-corrected chi connectivity index (χ3v) is 5.79. The normalized spacial score (nSPS) is 20.7. The third kappa shape index (κ3) is 3.71. The molecule has 1 aromatic heterocycles. The highest BCUT2D eigenvalue weighted by molar-refractivity contribution is 5.77. The maximum atomic E-state index is 13.6. The molecule has 0 spiro atoms. The minimum Gasteiger partial charge on any atom is -0.465 e. The van der Waals surface area contributed by atoms with Gasteiger partial charge in [-0.1, -0.05) is 0 Å². The maximum absolute atomic E-state index is 13.6. The SMILES string of the molecule is CCOc1nc2cc(F)ccc2n1C1CCN(CC2CCNCC2)CC1. The highest BCUT2D eigenvalue weighted by Crippen LogP contribution is 2.33. The first kappa shape index (κ1) is 17.7. The molecule has 0 aliphatic carbocycles. The van der Waals surface area contributed by atoms with E-state index in [2.05, 4.69) is 19.8 Å². The number of rotatable bonds is 5. The van der Waals surface area contributed by atoms with E-state index in [0.717, 1.165) is 50.5 Å². The van der Waals surface area contributed by atoms with Gasteiger partial charge in [0.25, 0.3) is 6.01 Å². The Morgan fingerprint density at radius 3 is 2.69 bits per heavy atom. The van der Waals surface area contributed by atoms with Crippen LogP contribution in [0.4, 0.5) is 4.39 Å². The first-order valence-electron chi connectivity index (χ1n) is 9.98. The number of hydrogen-bond donors (Lipinski definition) is 1. The van der Waals surface area contributed by atoms with Crippen molar-refractivity contribution in [3.63, 3.8) is 0 Å². The summed E-state index contributed by atoms with van der Waals surface area (Å²) >= 11 is 0. The van der Waals surface area contributed by atoms with Gasteiger partial charge in [0.15, 0.2) is 0 Å². The molecule has 5 nitrogen and oxygen atoms in total. The van der Waals surface area contributed by atoms with Gasteiger partial charge in [0.2, 0.25) is 0 Å². The summed E-state index contributed by atoms with van der Waals surface area (Å²) in [7, 11) is 0. The van der Waals surface area contributed by atoms with Gasteiger partial charge in [-0.05, 0) is 63.7 Å². The number of nitrogens with one attached hydrogen (secondary N) is 1. The molecule has 0 unspecified atom stereocenters. The molecule has 1 aromatic carbocycles. The van der Waals surface area contributed by atoms with Crippen LogP contribution in [0, 0.1) is 11.7 Å². The molecule has 2 fully saturated rings. The number of hydrogen-bond acceptors (Lipinski definition) is 4. The van der Waals surface area contributed by atoms with E-state index in [1.54, 1.807) is 0 Å². The summed E-state index contributed by atoms with van der Waals surface area (Å²) in [5, 5.41) is 3.45. The zero-order valence-electron chi connectivity index (χ0n) is 15.6. The van der Waals surface area contributed by atoms with E-state index in [4.69, 9.17) is 4.74 Å². The molecule has 1 N–H and O–H groups in total. The molecular formula is C20H29FN4O. The molecule has 0 radical (unpaired) electrons. The smallest absolute Gasteiger partial charge is 0.297 e. The van der Waals surface area contributed by atoms with Gasteiger partial charge in [-0.3, -0.25) is 4.57 Å². The first-order chi connectivity index (χ1) is 12.7. The summed E-state index contributed by atoms with van der Waals surface area (Å²) in [6.07, 6.45) is 4.78. The van der Waals surface area contributed by atoms with Crippen molar-refractivity contribution in [1.82, 2.24) is 19.8 Å². The summed E-state index contributed by atoms with van der Waals surface area (Å²) < 4.78 is 21.5. The van der Waals surface area contributed by atoms with Crippen LogP contribution in [0.1, 0.15) is 38.6 Å². The molecule has 4 rings (SSSR count). The van der Waals surface area contributed by atoms with Gasteiger partial charge in [0, 0.05) is 31.7 Å². The minimum absolute atomic E-state index is 0.248. The van der Waals surface area contributed by atoms with Gasteiger partial charge in [0.05, 0.1) is 17.6 Å². The topological polar surface area (TPSA) is 42.3 Å². The highest BCUT2D eigenvalue weighted by atomic mass is 19.1. The van der Waals surface area contributed by atoms with E-state index in [-0.39, 0.29) is 5.82 Å². The molecule has 26 heavy (non-hydrogen) atoms. The van der Waals surface area contributed by atoms with Crippen LogP contribution in [0.15, 0.2) is 18.2 Å². The van der Waals surface area contributed by atoms with Crippen molar-refractivity contribution in [2.24, 2.45) is 5.92 Å². The van der Waals surface area contributed by atoms with Crippen LogP contribution in [0.25, 0.3) is 11.0 Å². The average molecular weight is 360 g/mol. The molecule has 2 saturated heterocycles. The van der Waals surface area contributed by atoms with Crippen molar-refractivity contribution in [3.05, 3.63) is 24.0 Å². The monoisotopic (exact) mass is 360 g/mol. The molecule has 0 bridgehead atoms. The Morgan fingerprint density at radius 1 is 1.19 bits per heavy atom. The summed E-state index contributed by atoms with van der Waals surface area (Å²) in [5.41, 5.74) is 1.66. The second-order valence-corrected chi connectivity index (χ2v) is 7.56. The van der Waals surface area contributed by atoms with Crippen LogP contribution < -0.4 is 10.1 Å². The zero-order chi connectivity index (χ0) is 17.9. The van der Waals surface area contributed by atoms with Crippen molar-refractivity contribution in [1.29, 1.82) is 0 Å². The predicted molar refractivity (Wildman–Crippen MR) is 101 cm³/mol. The third-order valence-electron chi connectivity index (χ3n) is 5.79. The second-order valence-electron chi connectivity index (χ2n) is 7.56. The molecule has 6 heteroatoms. The van der Waals surface area contributed by atoms with Gasteiger partial charge in [-0.15, -0.1) is 0 Å². The molecule has 0 atom stereocenters. The number of likely N-dealkylation sites (tertiary alicyclic amines) is 1. The quantitative estimate of drug-likeness (QED) is 0.889. The van der Waals surface area contributed by atoms with Crippen LogP contribution in [0.3, 0.4) is 0 Å². The summed E-state index contributed by atoms with van der Waals surface area (Å²) in [5.74, 6) is 0.589. The van der Waals surface area contributed by atoms with Crippen molar-refractivity contribution in [2.75, 3.05) is 39.3 Å². The molecular weight excluding hydrogens is 331 g/mol. The Bertz CT molecular complexity index is 733. The van der Waals surface area contributed by atoms with E-state index < -0.39 is 0 Å². The fourth-order valence-corrected chi connectivity index (χ4v) is 4.42. The minimum atomic E-state index is -0.248. The van der Waals surface area contributed by atoms with Crippen LogP contribution >= 0.6 is 0 Å². The van der Waals surface area contributed by atoms with E-state index >= 15 is 0 Å². The van der Waals surface area contributed by atoms with E-state index in [1.165, 1.54) is 31.5 Å². The lowest BCUT2D eigenvalue weighted by Crippen LogP contribution is -2.40. The average Bonchev–Trinajstić information content (AvgIpc) is 3.00. The Labute approximate surface area is 154 Å². The number of halogens is 1. The lowest BCUT2D eigenvalue weighted by molar-refractivity contribution is 0.146. The molecule has 2 aliphatic heterocycles. The lowest BCUT2D eigenvalue weighted by atomic mass is 9.95. The van der Waals surface area contributed by atoms with Crippen LogP contribution in [0.2, 0.25) is 0 Å². The van der Waals surface area contributed by atoms with E-state index in [1.807, 2.05) is 13.0 Å². The lowest BCUT2D eigenvalue weighted by Gasteiger charge is -2.36. The van der Waals surface area contributed by atoms with Gasteiger partial charge in [-0.25, -0.2) is 4.39 Å². The standard InChI is InChI=1S/C20H29FN4O/c1-2-26-20-23-18-13-16(21)3-4-19(18)25(20)17-7-11-24(12-8-17)14-15-5-9-22-10-6-15/h3-4,13,15,17,22H,2,5-12,14H2,1H3. The van der Waals surface area contributed by atoms with Crippen LogP contribution in [-0.4, -0.2) is 53.8 Å². The predicted octanol–water partition coefficient (Wildman–Crippen LogP) is 3.21. The Kier molecular flexibility index (Phi) is 5.41. The fraction of sp³-hybridized carbons (Fsp3) is 0.650. The van der Waals surface area contributed by atoms with Crippen LogP contribution in [0.5, 0.6) is 6.01 Å². The van der Waals surface area contributed by atoms with Gasteiger partial charge in [-0.2, -0.15) is 4.98 Å². The number of nitrogens with zero attached hydrogens (tertiary/aromatic N) is 3. The molecule has 2 aliphatic rings. The number of aromatic nitrogens is 2. The summed E-state index contributed by atoms with van der Waals surface area (Å²) in [4.78, 5) is 7.15. The maximum Gasteiger partial charge on any atom is 0.297 e. The Hall–Kier alpha value is -1.66. The number of ether oxygens (including phenoxy) is 1. The molecule has 2 aromatic rings. The number of piperidine rings is 2. The summed E-state index contributed by atoms with van der Waals surface area (Å²) in [6.45, 7) is 8.31. The molecule has 3 heterocycles. The highest BCUT2D eigenvalue weighted by Gasteiger charge is 2.27. The van der Waals surface area contributed by atoms with E-state index in [9.17, 15) is 4.39 Å². The first-order valence-corrected chi connectivity index (χ1v) is 9.98. The summed E-state index contributed by atoms with van der Waals surface area (Å²) in [6, 6.07) is 5.85. The van der Waals surface area contributed by atoms with Gasteiger partial charge < -0.3 is 15.0 Å². The van der Waals surface area contributed by atoms with Crippen molar-refractivity contribution in [3.8, 4) is 6.01 Å². The number of imidazole rings is 1. The van der Waals surface area contributed by atoms with Crippen molar-refractivity contribution >= 4 is 11.0 Å².